The third-order valence-corrected chi connectivity index (χ3v) is 2.71. The lowest BCUT2D eigenvalue weighted by molar-refractivity contribution is 1.60. The highest BCUT2D eigenvalue weighted by atomic mass is 35.5. The van der Waals surface area contributed by atoms with E-state index in [1.807, 2.05) is 24.3 Å². The first-order valence-electron chi connectivity index (χ1n) is 4.50. The second-order valence-electron chi connectivity index (χ2n) is 3.39. The van der Waals surface area contributed by atoms with Crippen molar-refractivity contribution >= 4 is 22.6 Å². The zero-order valence-electron chi connectivity index (χ0n) is 7.42. The lowest BCUT2D eigenvalue weighted by Gasteiger charge is -1.98. The highest BCUT2D eigenvalue weighted by molar-refractivity contribution is 6.30. The molecule has 0 atom stereocenters. The molecule has 0 aliphatic rings. The zero-order valence-corrected chi connectivity index (χ0v) is 8.18. The monoisotopic (exact) mass is 201 g/mol. The predicted octanol–water partition coefficient (Wildman–Crippen LogP) is 3.93. The number of halogens is 1. The molecule has 2 heterocycles. The van der Waals surface area contributed by atoms with E-state index in [4.69, 9.17) is 11.6 Å². The molecule has 0 saturated heterocycles. The summed E-state index contributed by atoms with van der Waals surface area (Å²) in [4.78, 5) is 3.29. The zero-order chi connectivity index (χ0) is 9.54. The minimum Gasteiger partial charge on any atom is -0.355 e. The third kappa shape index (κ3) is 1.10. The lowest BCUT2D eigenvalue weighted by atomic mass is 10.1. The molecule has 3 aromatic rings. The molecule has 0 amide bonds. The summed E-state index contributed by atoms with van der Waals surface area (Å²) >= 11 is 5.84. The average molecular weight is 202 g/mol. The summed E-state index contributed by atoms with van der Waals surface area (Å²) in [6.45, 7) is 0. The highest BCUT2D eigenvalue weighted by Crippen LogP contribution is 2.29. The molecule has 2 heteroatoms. The van der Waals surface area contributed by atoms with Gasteiger partial charge in [0.05, 0.1) is 0 Å². The third-order valence-electron chi connectivity index (χ3n) is 2.45. The molecule has 2 aromatic heterocycles. The van der Waals surface area contributed by atoms with Gasteiger partial charge in [-0.05, 0) is 35.9 Å². The summed E-state index contributed by atoms with van der Waals surface area (Å²) in [5.41, 5.74) is 4.81. The molecule has 1 N–H and O–H groups in total. The SMILES string of the molecule is Clc1ccc(-c2cc3ccc2[nH]3)cc1. The fraction of sp³-hybridized carbons (Fsp3) is 0. The predicted molar refractivity (Wildman–Crippen MR) is 59.9 cm³/mol. The van der Waals surface area contributed by atoms with Crippen LogP contribution in [0.15, 0.2) is 42.5 Å². The van der Waals surface area contributed by atoms with E-state index in [2.05, 4.69) is 23.2 Å². The van der Waals surface area contributed by atoms with Crippen molar-refractivity contribution in [3.8, 4) is 11.1 Å². The van der Waals surface area contributed by atoms with Crippen LogP contribution in [0.3, 0.4) is 0 Å². The molecule has 0 fully saturated rings. The second-order valence-corrected chi connectivity index (χ2v) is 3.83. The van der Waals surface area contributed by atoms with Gasteiger partial charge in [-0.2, -0.15) is 0 Å². The topological polar surface area (TPSA) is 15.8 Å². The quantitative estimate of drug-likeness (QED) is 0.614. The summed E-state index contributed by atoms with van der Waals surface area (Å²) in [5, 5.41) is 0.777. The number of hydrogen-bond acceptors (Lipinski definition) is 0. The van der Waals surface area contributed by atoms with E-state index < -0.39 is 0 Å². The van der Waals surface area contributed by atoms with Crippen molar-refractivity contribution in [2.75, 3.05) is 0 Å². The molecular formula is C12H8ClN. The van der Waals surface area contributed by atoms with Crippen molar-refractivity contribution in [3.05, 3.63) is 47.5 Å². The first-order chi connectivity index (χ1) is 6.83. The molecule has 0 spiro atoms. The molecule has 1 aromatic carbocycles. The molecule has 68 valence electrons. The van der Waals surface area contributed by atoms with Crippen LogP contribution in [0.5, 0.6) is 0 Å². The number of H-pyrrole nitrogens is 1. The minimum atomic E-state index is 0.777. The maximum atomic E-state index is 5.84. The Labute approximate surface area is 86.7 Å². The van der Waals surface area contributed by atoms with Gasteiger partial charge in [-0.15, -0.1) is 0 Å². The van der Waals surface area contributed by atoms with Crippen LogP contribution in [0.25, 0.3) is 22.2 Å². The molecule has 14 heavy (non-hydrogen) atoms. The van der Waals surface area contributed by atoms with Crippen molar-refractivity contribution in [2.45, 2.75) is 0 Å². The largest absolute Gasteiger partial charge is 0.355 e. The molecular weight excluding hydrogens is 194 g/mol. The van der Waals surface area contributed by atoms with Gasteiger partial charge in [-0.25, -0.2) is 0 Å². The Hall–Kier alpha value is -1.47. The molecule has 0 radical (unpaired) electrons. The van der Waals surface area contributed by atoms with Gasteiger partial charge in [0.25, 0.3) is 0 Å². The molecule has 2 bridgehead atoms. The van der Waals surface area contributed by atoms with Gasteiger partial charge in [0, 0.05) is 21.6 Å². The molecule has 0 unspecified atom stereocenters. The van der Waals surface area contributed by atoms with Crippen LogP contribution < -0.4 is 0 Å². The van der Waals surface area contributed by atoms with E-state index in [1.165, 1.54) is 22.2 Å². The van der Waals surface area contributed by atoms with Crippen LogP contribution in [0.2, 0.25) is 5.02 Å². The smallest absolute Gasteiger partial charge is 0.0465 e. The highest BCUT2D eigenvalue weighted by Gasteiger charge is 2.05. The molecule has 0 aliphatic carbocycles. The number of nitrogens with one attached hydrogen (secondary N) is 1. The Bertz CT molecular complexity index is 550. The number of aromatic amines is 1. The van der Waals surface area contributed by atoms with Gasteiger partial charge in [-0.1, -0.05) is 23.7 Å². The number of aromatic nitrogens is 1. The Balaban J connectivity index is 2.18. The normalized spacial score (nSPS) is 11.2. The van der Waals surface area contributed by atoms with E-state index in [1.54, 1.807) is 0 Å². The Morgan fingerprint density at radius 3 is 2.29 bits per heavy atom. The van der Waals surface area contributed by atoms with Crippen molar-refractivity contribution in [1.29, 1.82) is 0 Å². The summed E-state index contributed by atoms with van der Waals surface area (Å²) in [7, 11) is 0. The maximum Gasteiger partial charge on any atom is 0.0465 e. The molecule has 3 rings (SSSR count). The van der Waals surface area contributed by atoms with Gasteiger partial charge in [0.2, 0.25) is 0 Å². The van der Waals surface area contributed by atoms with Gasteiger partial charge in [0.15, 0.2) is 0 Å². The van der Waals surface area contributed by atoms with E-state index in [9.17, 15) is 0 Å². The van der Waals surface area contributed by atoms with Crippen LogP contribution in [0, 0.1) is 0 Å². The van der Waals surface area contributed by atoms with Gasteiger partial charge >= 0.3 is 0 Å². The van der Waals surface area contributed by atoms with Crippen LogP contribution in [0.1, 0.15) is 0 Å². The fourth-order valence-electron chi connectivity index (χ4n) is 1.75. The fourth-order valence-corrected chi connectivity index (χ4v) is 1.88. The van der Waals surface area contributed by atoms with Crippen molar-refractivity contribution in [2.24, 2.45) is 0 Å². The first-order valence-corrected chi connectivity index (χ1v) is 4.88. The molecule has 0 aliphatic heterocycles. The van der Waals surface area contributed by atoms with Crippen molar-refractivity contribution in [1.82, 2.24) is 4.98 Å². The summed E-state index contributed by atoms with van der Waals surface area (Å²) in [5.74, 6) is 0. The number of fused-ring (bicyclic) bond motifs is 2. The van der Waals surface area contributed by atoms with Crippen molar-refractivity contribution in [3.63, 3.8) is 0 Å². The van der Waals surface area contributed by atoms with Gasteiger partial charge in [0.1, 0.15) is 0 Å². The first kappa shape index (κ1) is 7.89. The van der Waals surface area contributed by atoms with Crippen molar-refractivity contribution < 1.29 is 0 Å². The van der Waals surface area contributed by atoms with E-state index in [-0.39, 0.29) is 0 Å². The second kappa shape index (κ2) is 2.76. The van der Waals surface area contributed by atoms with Gasteiger partial charge < -0.3 is 4.98 Å². The van der Waals surface area contributed by atoms with E-state index in [0.717, 1.165) is 5.02 Å². The number of benzene rings is 2. The lowest BCUT2D eigenvalue weighted by Crippen LogP contribution is -1.74. The van der Waals surface area contributed by atoms with E-state index >= 15 is 0 Å². The van der Waals surface area contributed by atoms with Crippen LogP contribution in [0.4, 0.5) is 0 Å². The van der Waals surface area contributed by atoms with Crippen LogP contribution in [-0.4, -0.2) is 4.98 Å². The molecule has 1 nitrogen and oxygen atoms in total. The standard InChI is InChI=1S/C12H8ClN/c13-9-3-1-8(2-4-9)11-7-10-5-6-12(11)14-10/h1-7,14H. The Morgan fingerprint density at radius 1 is 0.929 bits per heavy atom. The minimum absolute atomic E-state index is 0.777. The number of hydrogen-bond donors (Lipinski definition) is 1. The molecule has 0 saturated carbocycles. The maximum absolute atomic E-state index is 5.84. The summed E-state index contributed by atoms with van der Waals surface area (Å²) in [6, 6.07) is 14.2. The van der Waals surface area contributed by atoms with E-state index in [0.29, 0.717) is 0 Å². The average Bonchev–Trinajstić information content (AvgIpc) is 2.80. The summed E-state index contributed by atoms with van der Waals surface area (Å²) in [6.07, 6.45) is 0. The van der Waals surface area contributed by atoms with Crippen LogP contribution in [-0.2, 0) is 0 Å². The Morgan fingerprint density at radius 2 is 1.71 bits per heavy atom. The number of rotatable bonds is 1. The van der Waals surface area contributed by atoms with Crippen LogP contribution >= 0.6 is 11.6 Å². The van der Waals surface area contributed by atoms with Gasteiger partial charge in [-0.3, -0.25) is 0 Å². The summed E-state index contributed by atoms with van der Waals surface area (Å²) < 4.78 is 0. The Kier molecular flexibility index (Phi) is 1.55.